The van der Waals surface area contributed by atoms with Gasteiger partial charge in [0.05, 0.1) is 5.75 Å². The van der Waals surface area contributed by atoms with Crippen LogP contribution >= 0.6 is 11.8 Å². The van der Waals surface area contributed by atoms with Gasteiger partial charge in [-0.05, 0) is 25.2 Å². The average Bonchev–Trinajstić information content (AvgIpc) is 2.86. The maximum atomic E-state index is 12.1. The summed E-state index contributed by atoms with van der Waals surface area (Å²) in [6, 6.07) is 0.295. The van der Waals surface area contributed by atoms with Crippen molar-refractivity contribution in [3.63, 3.8) is 0 Å². The zero-order valence-corrected chi connectivity index (χ0v) is 14.2. The predicted molar refractivity (Wildman–Crippen MR) is 88.0 cm³/mol. The lowest BCUT2D eigenvalue weighted by atomic mass is 9.86. The Kier molecular flexibility index (Phi) is 6.54. The predicted octanol–water partition coefficient (Wildman–Crippen LogP) is 2.16. The first-order valence-electron chi connectivity index (χ1n) is 8.19. The molecule has 6 nitrogen and oxygen atoms in total. The minimum atomic E-state index is -0.197. The molecule has 0 bridgehead atoms. The number of hydrogen-bond donors (Lipinski definition) is 2. The molecule has 1 heterocycles. The quantitative estimate of drug-likeness (QED) is 0.753. The van der Waals surface area contributed by atoms with Gasteiger partial charge in [-0.2, -0.15) is 0 Å². The molecule has 1 saturated carbocycles. The largest absolute Gasteiger partial charge is 0.352 e. The van der Waals surface area contributed by atoms with Crippen LogP contribution in [0.15, 0.2) is 9.95 Å². The Morgan fingerprint density at radius 1 is 1.45 bits per heavy atom. The number of amides is 1. The van der Waals surface area contributed by atoms with Crippen molar-refractivity contribution in [1.29, 1.82) is 0 Å². The zero-order chi connectivity index (χ0) is 15.9. The van der Waals surface area contributed by atoms with Crippen molar-refractivity contribution in [1.82, 2.24) is 20.1 Å². The summed E-state index contributed by atoms with van der Waals surface area (Å²) in [5, 5.41) is 10.2. The van der Waals surface area contributed by atoms with Gasteiger partial charge >= 0.3 is 5.69 Å². The lowest BCUT2D eigenvalue weighted by molar-refractivity contribution is -0.119. The molecule has 1 aliphatic rings. The van der Waals surface area contributed by atoms with E-state index in [0.717, 1.165) is 19.3 Å². The van der Waals surface area contributed by atoms with Gasteiger partial charge in [0.1, 0.15) is 0 Å². The molecule has 124 valence electrons. The highest BCUT2D eigenvalue weighted by molar-refractivity contribution is 7.99. The van der Waals surface area contributed by atoms with E-state index < -0.39 is 0 Å². The normalized spacial score (nSPS) is 21.7. The minimum absolute atomic E-state index is 0.0289. The summed E-state index contributed by atoms with van der Waals surface area (Å²) in [5.41, 5.74) is -0.197. The number of H-pyrrole nitrogens is 1. The number of carbonyl (C=O) groups excluding carboxylic acids is 1. The molecule has 1 aromatic rings. The first kappa shape index (κ1) is 17.1. The molecule has 1 aliphatic carbocycles. The zero-order valence-electron chi connectivity index (χ0n) is 13.4. The fraction of sp³-hybridized carbons (Fsp3) is 0.800. The summed E-state index contributed by atoms with van der Waals surface area (Å²) in [6.45, 7) is 4.93. The molecule has 2 N–H and O–H groups in total. The molecular weight excluding hydrogens is 300 g/mol. The maximum absolute atomic E-state index is 12.1. The molecule has 0 saturated heterocycles. The van der Waals surface area contributed by atoms with Crippen LogP contribution in [0, 0.1) is 5.92 Å². The summed E-state index contributed by atoms with van der Waals surface area (Å²) in [7, 11) is 0. The van der Waals surface area contributed by atoms with E-state index >= 15 is 0 Å². The molecular formula is C15H26N4O2S. The second kappa shape index (κ2) is 8.41. The van der Waals surface area contributed by atoms with Crippen LogP contribution in [0.4, 0.5) is 0 Å². The van der Waals surface area contributed by atoms with E-state index in [4.69, 9.17) is 0 Å². The van der Waals surface area contributed by atoms with E-state index in [-0.39, 0.29) is 11.6 Å². The average molecular weight is 326 g/mol. The highest BCUT2D eigenvalue weighted by Crippen LogP contribution is 2.24. The molecule has 0 spiro atoms. The molecule has 2 unspecified atom stereocenters. The molecule has 1 fully saturated rings. The molecule has 7 heteroatoms. The number of thioether (sulfide) groups is 1. The first-order valence-corrected chi connectivity index (χ1v) is 9.17. The van der Waals surface area contributed by atoms with Gasteiger partial charge < -0.3 is 5.32 Å². The van der Waals surface area contributed by atoms with Crippen LogP contribution < -0.4 is 11.0 Å². The van der Waals surface area contributed by atoms with Gasteiger partial charge in [-0.15, -0.1) is 5.10 Å². The van der Waals surface area contributed by atoms with E-state index in [2.05, 4.69) is 29.4 Å². The molecule has 22 heavy (non-hydrogen) atoms. The summed E-state index contributed by atoms with van der Waals surface area (Å²) in [6.07, 6.45) is 6.66. The van der Waals surface area contributed by atoms with Crippen LogP contribution in [0.5, 0.6) is 0 Å². The second-order valence-corrected chi connectivity index (χ2v) is 6.98. The number of aromatic amines is 1. The molecule has 1 aromatic heterocycles. The van der Waals surface area contributed by atoms with Gasteiger partial charge in [0.25, 0.3) is 0 Å². The van der Waals surface area contributed by atoms with Crippen molar-refractivity contribution < 1.29 is 4.79 Å². The highest BCUT2D eigenvalue weighted by Gasteiger charge is 2.23. The van der Waals surface area contributed by atoms with Crippen molar-refractivity contribution in [2.45, 2.75) is 70.1 Å². The summed E-state index contributed by atoms with van der Waals surface area (Å²) in [5.74, 6) is 0.886. The van der Waals surface area contributed by atoms with E-state index in [1.807, 2.05) is 0 Å². The molecule has 2 atom stereocenters. The van der Waals surface area contributed by atoms with Crippen LogP contribution in [0.1, 0.15) is 52.4 Å². The third-order valence-corrected chi connectivity index (χ3v) is 5.23. The number of unbranched alkanes of at least 4 members (excludes halogenated alkanes) is 1. The van der Waals surface area contributed by atoms with Gasteiger partial charge in [-0.25, -0.2) is 9.89 Å². The van der Waals surface area contributed by atoms with E-state index in [1.165, 1.54) is 31.0 Å². The van der Waals surface area contributed by atoms with Crippen molar-refractivity contribution in [2.75, 3.05) is 5.75 Å². The number of rotatable bonds is 7. The Hall–Kier alpha value is -1.24. The molecule has 0 radical (unpaired) electrons. The number of carbonyl (C=O) groups is 1. The fourth-order valence-corrected chi connectivity index (χ4v) is 3.62. The van der Waals surface area contributed by atoms with Crippen LogP contribution in [0.25, 0.3) is 0 Å². The fourth-order valence-electron chi connectivity index (χ4n) is 2.84. The molecule has 1 amide bonds. The van der Waals surface area contributed by atoms with Gasteiger partial charge in [0.15, 0.2) is 5.16 Å². The summed E-state index contributed by atoms with van der Waals surface area (Å²) < 4.78 is 1.62. The van der Waals surface area contributed by atoms with Gasteiger partial charge in [-0.1, -0.05) is 44.9 Å². The number of nitrogens with zero attached hydrogens (tertiary/aromatic N) is 2. The van der Waals surface area contributed by atoms with Crippen molar-refractivity contribution in [3.8, 4) is 0 Å². The van der Waals surface area contributed by atoms with Crippen LogP contribution in [-0.4, -0.2) is 32.5 Å². The Balaban J connectivity index is 1.84. The number of hydrogen-bond acceptors (Lipinski definition) is 4. The SMILES string of the molecule is CCCCn1c(SCC(=O)NC2CCCCC2C)n[nH]c1=O. The molecule has 0 aromatic carbocycles. The Morgan fingerprint density at radius 2 is 2.23 bits per heavy atom. The Bertz CT molecular complexity index is 540. The van der Waals surface area contributed by atoms with Crippen molar-refractivity contribution in [3.05, 3.63) is 10.5 Å². The van der Waals surface area contributed by atoms with Gasteiger partial charge in [0.2, 0.25) is 5.91 Å². The first-order chi connectivity index (χ1) is 10.6. The smallest absolute Gasteiger partial charge is 0.343 e. The lowest BCUT2D eigenvalue weighted by Gasteiger charge is -2.29. The third-order valence-electron chi connectivity index (χ3n) is 4.25. The monoisotopic (exact) mass is 326 g/mol. The van der Waals surface area contributed by atoms with Crippen LogP contribution in [0.2, 0.25) is 0 Å². The minimum Gasteiger partial charge on any atom is -0.352 e. The van der Waals surface area contributed by atoms with Gasteiger partial charge in [0, 0.05) is 12.6 Å². The standard InChI is InChI=1S/C15H26N4O2S/c1-3-4-9-19-14(21)17-18-15(19)22-10-13(20)16-12-8-6-5-7-11(12)2/h11-12H,3-10H2,1-2H3,(H,16,20)(H,17,21). The Morgan fingerprint density at radius 3 is 2.95 bits per heavy atom. The van der Waals surface area contributed by atoms with E-state index in [0.29, 0.717) is 29.4 Å². The number of aromatic nitrogens is 3. The molecule has 2 rings (SSSR count). The second-order valence-electron chi connectivity index (χ2n) is 6.04. The molecule has 0 aliphatic heterocycles. The summed E-state index contributed by atoms with van der Waals surface area (Å²) in [4.78, 5) is 23.8. The van der Waals surface area contributed by atoms with Crippen molar-refractivity contribution in [2.24, 2.45) is 5.92 Å². The maximum Gasteiger partial charge on any atom is 0.343 e. The van der Waals surface area contributed by atoms with E-state index in [1.54, 1.807) is 4.57 Å². The summed E-state index contributed by atoms with van der Waals surface area (Å²) >= 11 is 1.32. The van der Waals surface area contributed by atoms with Crippen molar-refractivity contribution >= 4 is 17.7 Å². The van der Waals surface area contributed by atoms with Gasteiger partial charge in [-0.3, -0.25) is 9.36 Å². The van der Waals surface area contributed by atoms with Crippen LogP contribution in [-0.2, 0) is 11.3 Å². The lowest BCUT2D eigenvalue weighted by Crippen LogP contribution is -2.41. The van der Waals surface area contributed by atoms with Crippen LogP contribution in [0.3, 0.4) is 0 Å². The highest BCUT2D eigenvalue weighted by atomic mass is 32.2. The van der Waals surface area contributed by atoms with E-state index in [9.17, 15) is 9.59 Å². The topological polar surface area (TPSA) is 79.8 Å². The Labute approximate surface area is 135 Å². The number of nitrogens with one attached hydrogen (secondary N) is 2. The third kappa shape index (κ3) is 4.63.